The number of aliphatic imine (C=N–C) groups is 2. The molecular weight excluding hydrogens is 1520 g/mol. The topological polar surface area (TPSA) is 286 Å². The third-order valence-electron chi connectivity index (χ3n) is 13.9. The van der Waals surface area contributed by atoms with E-state index in [2.05, 4.69) is 83.1 Å². The first kappa shape index (κ1) is 82.8. The zero-order valence-electron chi connectivity index (χ0n) is 55.3. The summed E-state index contributed by atoms with van der Waals surface area (Å²) in [4.78, 5) is 88.7. The fourth-order valence-corrected chi connectivity index (χ4v) is 13.5. The molecule has 6 atom stereocenters. The molecule has 2 fully saturated rings. The van der Waals surface area contributed by atoms with Crippen molar-refractivity contribution in [3.63, 3.8) is 0 Å². The van der Waals surface area contributed by atoms with E-state index in [4.69, 9.17) is 51.7 Å². The van der Waals surface area contributed by atoms with Gasteiger partial charge in [-0.3, -0.25) is 24.4 Å². The Labute approximate surface area is 667 Å². The molecular formula is C60H73ClCs2F4N12O10S2Si. The summed E-state index contributed by atoms with van der Waals surface area (Å²) in [6.45, 7) is 18.9. The number of hydrogen-bond acceptors (Lipinski definition) is 21. The van der Waals surface area contributed by atoms with Gasteiger partial charge in [-0.15, -0.1) is 11.8 Å². The van der Waals surface area contributed by atoms with E-state index >= 15 is 8.78 Å². The molecule has 22 nitrogen and oxygen atoms in total. The Hall–Kier alpha value is -3.41. The standard InChI is InChI=1S/C31H41ClF2N6O4SSi.C24H24F2N6O2S.C4H6O.CH2O3.2Cs.H/c1-29(2,3)44-28(42)40(18-43-10-11-46(7,8)9)27-38-30(4,23-14-31(23,45-27)26(41)39(5)6)20-12-19(15-37-25(20)34)13-21(33)22-16-36-24(32)17-35-22;1-5-6-7-34-19-13-28-17(12-29-19)16(25)9-14-8-15(20(26)30-11-14)23(2)18-10-24(18,21(33)32(3)4)35-22(27)31-23;1-2-3-4-5;2-1-4-3;;;/h12-13,15-17,23H,10-11,14,18H2,1-9H3;8-9,11-13,18H,7,10H2,1-4H3,(H2,27,31);5H,4H2,1H3;1,3H;;;/q;;;;2*+1;-1/p-1/b21-13-;16-9-;;;;;/t23-,30+,31-;18-,23+,24-;;;;;/m00...../s1. The van der Waals surface area contributed by atoms with Crippen LogP contribution in [0.5, 0.6) is 5.88 Å². The van der Waals surface area contributed by atoms with Crippen LogP contribution in [0, 0.1) is 47.4 Å². The molecule has 0 spiro atoms. The summed E-state index contributed by atoms with van der Waals surface area (Å²) < 4.78 is 75.8. The predicted molar refractivity (Wildman–Crippen MR) is 338 cm³/mol. The second-order valence-electron chi connectivity index (χ2n) is 23.4. The van der Waals surface area contributed by atoms with Gasteiger partial charge in [0.25, 0.3) is 6.47 Å². The van der Waals surface area contributed by atoms with Gasteiger partial charge < -0.3 is 46.4 Å². The number of aliphatic hydroxyl groups is 1. The van der Waals surface area contributed by atoms with Gasteiger partial charge >= 0.3 is 144 Å². The van der Waals surface area contributed by atoms with Crippen molar-refractivity contribution < 1.29 is 205 Å². The maximum Gasteiger partial charge on any atom is 1.00 e. The molecule has 6 heterocycles. The number of amides is 3. The monoisotopic (exact) mass is 1590 g/mol. The summed E-state index contributed by atoms with van der Waals surface area (Å²) in [7, 11) is 5.21. The number of hydrogen-bond donors (Lipinski definition) is 2. The van der Waals surface area contributed by atoms with E-state index < -0.39 is 69.8 Å². The predicted octanol–water partition coefficient (Wildman–Crippen LogP) is 2.41. The van der Waals surface area contributed by atoms with Crippen molar-refractivity contribution in [3.8, 4) is 29.6 Å². The van der Waals surface area contributed by atoms with Gasteiger partial charge in [-0.25, -0.2) is 48.4 Å². The SMILES string of the molecule is CC#CCO.CC#CCOc1cnc(/C(F)=C/c2cnc(F)c([C@@]3(C)N=C(N)S[C@@]4(C(=O)N(C)C)C[C@H]43)c2)cn1.CN(C)C(=O)[C@]12C[C@H]1[C@@](C)(c1cc(/C=C(\F)c3cnc(Cl)cn3)cnc1F)N=C(N(COCC[Si](C)(C)C)C(=O)OC(C)(C)C)S2.O=CO[O-].[Cs+].[Cs+].[H-]. The number of rotatable bonds is 16. The van der Waals surface area contributed by atoms with Gasteiger partial charge in [0, 0.05) is 78.2 Å². The molecule has 2 aliphatic carbocycles. The number of carbonyl (C=O) groups excluding carboxylic acids is 4. The minimum absolute atomic E-state index is 0. The van der Waals surface area contributed by atoms with Crippen molar-refractivity contribution in [1.82, 2.24) is 44.6 Å². The molecule has 0 radical (unpaired) electrons. The minimum atomic E-state index is -1.43. The number of carbonyl (C=O) groups is 4. The molecule has 0 unspecified atom stereocenters. The Morgan fingerprint density at radius 3 is 1.71 bits per heavy atom. The molecule has 0 saturated heterocycles. The zero-order valence-corrected chi connectivity index (χ0v) is 70.2. The number of ether oxygens (including phenoxy) is 3. The average Bonchev–Trinajstić information content (AvgIpc) is 1.53. The summed E-state index contributed by atoms with van der Waals surface area (Å²) in [6.07, 6.45) is 9.83. The number of halogens is 5. The Morgan fingerprint density at radius 1 is 0.804 bits per heavy atom. The molecule has 2 saturated carbocycles. The summed E-state index contributed by atoms with van der Waals surface area (Å²) in [5.41, 5.74) is 3.42. The summed E-state index contributed by atoms with van der Waals surface area (Å²) in [5.74, 6) is 6.56. The van der Waals surface area contributed by atoms with Gasteiger partial charge in [-0.1, -0.05) is 66.6 Å². The van der Waals surface area contributed by atoms with Crippen LogP contribution in [-0.4, -0.2) is 162 Å². The number of amidine groups is 2. The van der Waals surface area contributed by atoms with Crippen LogP contribution in [-0.2, 0) is 39.8 Å². The smallest absolute Gasteiger partial charge is 1.00 e. The third kappa shape index (κ3) is 22.1. The fourth-order valence-electron chi connectivity index (χ4n) is 9.41. The van der Waals surface area contributed by atoms with Gasteiger partial charge in [0.1, 0.15) is 45.0 Å². The van der Waals surface area contributed by atoms with E-state index in [9.17, 15) is 23.2 Å². The molecule has 0 bridgehead atoms. The summed E-state index contributed by atoms with van der Waals surface area (Å²) in [6, 6.07) is 3.80. The number of fused-ring (bicyclic) bond motifs is 2. The maximum absolute atomic E-state index is 15.7. The molecule has 8 rings (SSSR count). The van der Waals surface area contributed by atoms with Gasteiger partial charge in [-0.2, -0.15) is 8.78 Å². The quantitative estimate of drug-likeness (QED) is 0.0187. The fraction of sp³-hybridized carbons (Fsp3) is 0.467. The molecule has 4 aliphatic rings. The van der Waals surface area contributed by atoms with E-state index in [-0.39, 0.29) is 233 Å². The van der Waals surface area contributed by atoms with Crippen molar-refractivity contribution in [1.29, 1.82) is 0 Å². The van der Waals surface area contributed by atoms with E-state index in [1.54, 1.807) is 76.7 Å². The summed E-state index contributed by atoms with van der Waals surface area (Å²) in [5, 5.41) is 16.8. The van der Waals surface area contributed by atoms with E-state index in [0.717, 1.165) is 23.9 Å². The van der Waals surface area contributed by atoms with Gasteiger partial charge in [-0.05, 0) is 103 Å². The molecule has 92 heavy (non-hydrogen) atoms. The number of nitrogens with zero attached hydrogens (tertiary/aromatic N) is 11. The molecule has 3 N–H and O–H groups in total. The Morgan fingerprint density at radius 2 is 1.29 bits per heavy atom. The largest absolute Gasteiger partial charge is 1.00 e. The molecule has 3 amide bonds. The van der Waals surface area contributed by atoms with Crippen molar-refractivity contribution in [2.24, 2.45) is 27.6 Å². The van der Waals surface area contributed by atoms with Crippen molar-refractivity contribution in [2.75, 3.05) is 54.7 Å². The second-order valence-corrected chi connectivity index (χ2v) is 32.1. The van der Waals surface area contributed by atoms with Crippen LogP contribution < -0.4 is 154 Å². The van der Waals surface area contributed by atoms with Crippen LogP contribution in [0.2, 0.25) is 30.8 Å². The maximum atomic E-state index is 15.7. The molecule has 4 aromatic heterocycles. The first-order valence-electron chi connectivity index (χ1n) is 27.7. The number of aliphatic hydroxyl groups excluding tert-OH is 1. The van der Waals surface area contributed by atoms with E-state index in [0.29, 0.717) is 25.0 Å². The molecule has 486 valence electrons. The Bertz CT molecular complexity index is 3550. The number of pyridine rings is 2. The van der Waals surface area contributed by atoms with Crippen LogP contribution in [0.25, 0.3) is 23.8 Å². The van der Waals surface area contributed by atoms with Crippen LogP contribution in [0.4, 0.5) is 22.4 Å². The van der Waals surface area contributed by atoms with Crippen LogP contribution in [0.15, 0.2) is 59.3 Å². The van der Waals surface area contributed by atoms with Crippen LogP contribution in [0.3, 0.4) is 0 Å². The van der Waals surface area contributed by atoms with Crippen molar-refractivity contribution in [3.05, 3.63) is 100 Å². The van der Waals surface area contributed by atoms with Gasteiger partial charge in [0.15, 0.2) is 28.6 Å². The van der Waals surface area contributed by atoms with E-state index in [1.165, 1.54) is 81.9 Å². The van der Waals surface area contributed by atoms with Crippen LogP contribution in [0.1, 0.15) is 96.4 Å². The first-order valence-corrected chi connectivity index (χ1v) is 33.4. The van der Waals surface area contributed by atoms with Gasteiger partial charge in [0.05, 0.1) is 35.9 Å². The first-order chi connectivity index (χ1) is 42.2. The Balaban J connectivity index is 0.000000557. The molecule has 32 heteroatoms. The van der Waals surface area contributed by atoms with Crippen molar-refractivity contribution in [2.45, 2.75) is 113 Å². The molecule has 0 aromatic carbocycles. The van der Waals surface area contributed by atoms with Crippen LogP contribution >= 0.6 is 35.1 Å². The zero-order chi connectivity index (χ0) is 67.2. The normalized spacial score (nSPS) is 21.5. The van der Waals surface area contributed by atoms with Crippen molar-refractivity contribution >= 4 is 102 Å². The average molecular weight is 1590 g/mol. The Kier molecular flexibility index (Phi) is 32.6. The molecule has 2 aliphatic heterocycles. The third-order valence-corrected chi connectivity index (χ3v) is 18.6. The van der Waals surface area contributed by atoms with E-state index in [1.807, 2.05) is 0 Å². The second kappa shape index (κ2) is 36.3. The summed E-state index contributed by atoms with van der Waals surface area (Å²) >= 11 is 8.15. The number of aromatic nitrogens is 6. The number of nitrogens with two attached hydrogens (primary N) is 1. The minimum Gasteiger partial charge on any atom is -1.00 e. The number of thioether (sulfide) groups is 2. The van der Waals surface area contributed by atoms with Gasteiger partial charge in [0.2, 0.25) is 29.6 Å². The molecule has 4 aromatic rings.